The zero-order valence-corrected chi connectivity index (χ0v) is 12.2. The molecule has 2 N–H and O–H groups in total. The van der Waals surface area contributed by atoms with Crippen LogP contribution in [-0.2, 0) is 11.2 Å². The molecule has 11 nitrogen and oxygen atoms in total. The lowest BCUT2D eigenvalue weighted by atomic mass is 10.1. The summed E-state index contributed by atoms with van der Waals surface area (Å²) >= 11 is 0. The topological polar surface area (TPSA) is 160 Å². The number of carbonyl (C=O) groups excluding carboxylic acids is 1. The molecule has 1 aromatic carbocycles. The fourth-order valence-electron chi connectivity index (χ4n) is 1.50. The van der Waals surface area contributed by atoms with E-state index in [1.807, 2.05) is 0 Å². The molecule has 0 aliphatic heterocycles. The van der Waals surface area contributed by atoms with Gasteiger partial charge in [-0.05, 0) is 19.9 Å². The first kappa shape index (κ1) is 17.7. The summed E-state index contributed by atoms with van der Waals surface area (Å²) in [5, 5.41) is 36.7. The number of oxime groups is 1. The van der Waals surface area contributed by atoms with Gasteiger partial charge in [0.25, 0.3) is 11.4 Å². The minimum absolute atomic E-state index is 0.0125. The number of nitrogens with zero attached hydrogens (tertiary/aromatic N) is 4. The Morgan fingerprint density at radius 1 is 1.22 bits per heavy atom. The molecule has 1 rings (SSSR count). The first-order valence-corrected chi connectivity index (χ1v) is 6.20. The maximum Gasteiger partial charge on any atom is 0.279 e. The van der Waals surface area contributed by atoms with Crippen molar-refractivity contribution in [1.29, 1.82) is 0 Å². The van der Waals surface area contributed by atoms with Crippen molar-refractivity contribution in [2.75, 3.05) is 0 Å². The number of nitro benzene ring substituents is 2. The summed E-state index contributed by atoms with van der Waals surface area (Å²) < 4.78 is 0. The van der Waals surface area contributed by atoms with Crippen molar-refractivity contribution >= 4 is 28.7 Å². The van der Waals surface area contributed by atoms with Crippen LogP contribution in [-0.4, -0.2) is 32.4 Å². The number of hydrogen-bond donors (Lipinski definition) is 2. The lowest BCUT2D eigenvalue weighted by molar-refractivity contribution is -0.394. The zero-order chi connectivity index (χ0) is 17.6. The van der Waals surface area contributed by atoms with Gasteiger partial charge in [-0.1, -0.05) is 5.16 Å². The van der Waals surface area contributed by atoms with Crippen molar-refractivity contribution in [2.45, 2.75) is 20.3 Å². The molecule has 0 saturated heterocycles. The predicted molar refractivity (Wildman–Crippen MR) is 79.6 cm³/mol. The van der Waals surface area contributed by atoms with Crippen LogP contribution >= 0.6 is 0 Å². The molecule has 11 heteroatoms. The Balaban J connectivity index is 2.94. The summed E-state index contributed by atoms with van der Waals surface area (Å²) in [6, 6.07) is 3.01. The highest BCUT2D eigenvalue weighted by Crippen LogP contribution is 2.24. The lowest BCUT2D eigenvalue weighted by Crippen LogP contribution is -2.23. The van der Waals surface area contributed by atoms with Crippen LogP contribution in [0.2, 0.25) is 0 Å². The fraction of sp³-hybridized carbons (Fsp3) is 0.250. The molecule has 0 heterocycles. The summed E-state index contributed by atoms with van der Waals surface area (Å²) in [7, 11) is 0. The Bertz CT molecular complexity index is 712. The van der Waals surface area contributed by atoms with Crippen molar-refractivity contribution in [3.05, 3.63) is 44.0 Å². The third-order valence-corrected chi connectivity index (χ3v) is 2.85. The van der Waals surface area contributed by atoms with Crippen LogP contribution in [0, 0.1) is 20.2 Å². The molecule has 0 aliphatic carbocycles. The lowest BCUT2D eigenvalue weighted by Gasteiger charge is -2.03. The maximum absolute atomic E-state index is 11.7. The third-order valence-electron chi connectivity index (χ3n) is 2.85. The van der Waals surface area contributed by atoms with Gasteiger partial charge in [-0.15, -0.1) is 0 Å². The van der Waals surface area contributed by atoms with Crippen LogP contribution in [0.5, 0.6) is 0 Å². The van der Waals surface area contributed by atoms with Crippen molar-refractivity contribution in [2.24, 2.45) is 10.3 Å². The van der Waals surface area contributed by atoms with Gasteiger partial charge < -0.3 is 5.21 Å². The van der Waals surface area contributed by atoms with E-state index < -0.39 is 27.1 Å². The van der Waals surface area contributed by atoms with E-state index in [0.29, 0.717) is 0 Å². The highest BCUT2D eigenvalue weighted by Gasteiger charge is 2.21. The molecule has 1 aromatic rings. The molecule has 0 saturated carbocycles. The van der Waals surface area contributed by atoms with E-state index in [-0.39, 0.29) is 23.4 Å². The maximum atomic E-state index is 11.7. The number of rotatable bonds is 6. The third kappa shape index (κ3) is 4.84. The normalized spacial score (nSPS) is 11.9. The smallest absolute Gasteiger partial charge is 0.279 e. The minimum atomic E-state index is -0.799. The first-order valence-electron chi connectivity index (χ1n) is 6.20. The van der Waals surface area contributed by atoms with Crippen molar-refractivity contribution in [1.82, 2.24) is 5.43 Å². The van der Waals surface area contributed by atoms with E-state index in [1.165, 1.54) is 13.8 Å². The average Bonchev–Trinajstić information content (AvgIpc) is 2.51. The SMILES string of the molecule is CC(=N\O)/C(C)=N/NC(=O)Cc1ccc([N+](=O)[O-])cc1[N+](=O)[O-]. The molecule has 0 spiro atoms. The molecule has 0 bridgehead atoms. The van der Waals surface area contributed by atoms with Crippen LogP contribution in [0.3, 0.4) is 0 Å². The van der Waals surface area contributed by atoms with Crippen LogP contribution < -0.4 is 5.43 Å². The molecule has 0 radical (unpaired) electrons. The molecule has 23 heavy (non-hydrogen) atoms. The summed E-state index contributed by atoms with van der Waals surface area (Å²) in [5.74, 6) is -0.660. The molecule has 122 valence electrons. The molecular weight excluding hydrogens is 310 g/mol. The number of nitro groups is 2. The number of hydrazone groups is 1. The molecule has 0 aromatic heterocycles. The predicted octanol–water partition coefficient (Wildman–Crippen LogP) is 1.39. The summed E-state index contributed by atoms with van der Waals surface area (Å²) in [6.07, 6.45) is -0.388. The van der Waals surface area contributed by atoms with Gasteiger partial charge in [0.2, 0.25) is 5.91 Å². The van der Waals surface area contributed by atoms with E-state index in [2.05, 4.69) is 15.7 Å². The summed E-state index contributed by atoms with van der Waals surface area (Å²) in [5.41, 5.74) is 1.63. The van der Waals surface area contributed by atoms with E-state index in [0.717, 1.165) is 18.2 Å². The molecular formula is C12H13N5O6. The van der Waals surface area contributed by atoms with Gasteiger partial charge in [-0.25, -0.2) is 5.43 Å². The molecule has 0 aliphatic rings. The monoisotopic (exact) mass is 323 g/mol. The second-order valence-electron chi connectivity index (χ2n) is 4.42. The van der Waals surface area contributed by atoms with Crippen molar-refractivity contribution in [3.8, 4) is 0 Å². The van der Waals surface area contributed by atoms with E-state index in [1.54, 1.807) is 0 Å². The Kier molecular flexibility index (Phi) is 5.83. The molecule has 0 unspecified atom stereocenters. The highest BCUT2D eigenvalue weighted by molar-refractivity contribution is 6.40. The van der Waals surface area contributed by atoms with Crippen LogP contribution in [0.15, 0.2) is 28.5 Å². The number of amides is 1. The average molecular weight is 323 g/mol. The number of nitrogens with one attached hydrogen (secondary N) is 1. The van der Waals surface area contributed by atoms with Crippen LogP contribution in [0.1, 0.15) is 19.4 Å². The largest absolute Gasteiger partial charge is 0.411 e. The zero-order valence-electron chi connectivity index (χ0n) is 12.2. The molecule has 0 fully saturated rings. The van der Waals surface area contributed by atoms with Crippen molar-refractivity contribution in [3.63, 3.8) is 0 Å². The minimum Gasteiger partial charge on any atom is -0.411 e. The van der Waals surface area contributed by atoms with Gasteiger partial charge >= 0.3 is 0 Å². The standard InChI is InChI=1S/C12H13N5O6/c1-7(8(2)15-19)13-14-12(18)5-9-3-4-10(16(20)21)6-11(9)17(22)23/h3-4,6,19H,5H2,1-2H3,(H,14,18)/b13-7+,15-8+. The fourth-order valence-corrected chi connectivity index (χ4v) is 1.50. The first-order chi connectivity index (χ1) is 10.8. The Hall–Kier alpha value is -3.37. The quantitative estimate of drug-likeness (QED) is 0.348. The van der Waals surface area contributed by atoms with Gasteiger partial charge in [0.1, 0.15) is 0 Å². The van der Waals surface area contributed by atoms with Gasteiger partial charge in [-0.3, -0.25) is 25.0 Å². The highest BCUT2D eigenvalue weighted by atomic mass is 16.6. The number of non-ortho nitro benzene ring substituents is 1. The second-order valence-corrected chi connectivity index (χ2v) is 4.42. The second kappa shape index (κ2) is 7.59. The number of carbonyl (C=O) groups is 1. The van der Waals surface area contributed by atoms with Gasteiger partial charge in [0.15, 0.2) is 0 Å². The van der Waals surface area contributed by atoms with Crippen LogP contribution in [0.4, 0.5) is 11.4 Å². The Labute approximate surface area is 129 Å². The summed E-state index contributed by atoms with van der Waals surface area (Å²) in [6.45, 7) is 2.95. The number of hydrogen-bond acceptors (Lipinski definition) is 8. The van der Waals surface area contributed by atoms with Crippen molar-refractivity contribution < 1.29 is 19.8 Å². The summed E-state index contributed by atoms with van der Waals surface area (Å²) in [4.78, 5) is 31.8. The van der Waals surface area contributed by atoms with Gasteiger partial charge in [-0.2, -0.15) is 5.10 Å². The van der Waals surface area contributed by atoms with Gasteiger partial charge in [0.05, 0.1) is 33.8 Å². The van der Waals surface area contributed by atoms with Gasteiger partial charge in [0, 0.05) is 11.6 Å². The Morgan fingerprint density at radius 3 is 2.39 bits per heavy atom. The van der Waals surface area contributed by atoms with E-state index >= 15 is 0 Å². The van der Waals surface area contributed by atoms with Crippen LogP contribution in [0.25, 0.3) is 0 Å². The number of benzene rings is 1. The van der Waals surface area contributed by atoms with E-state index in [9.17, 15) is 25.0 Å². The Morgan fingerprint density at radius 2 is 1.87 bits per heavy atom. The molecule has 1 amide bonds. The van der Waals surface area contributed by atoms with E-state index in [4.69, 9.17) is 5.21 Å². The molecule has 0 atom stereocenters.